The Morgan fingerprint density at radius 2 is 1.72 bits per heavy atom. The number of carbonyl (C=O) groups excluding carboxylic acids is 1. The number of guanidine groups is 1. The number of ether oxygens (including phenoxy) is 1. The summed E-state index contributed by atoms with van der Waals surface area (Å²) in [7, 11) is 3.37. The molecule has 9 nitrogen and oxygen atoms in total. The number of anilines is 1. The number of methoxy groups -OCH3 is 1. The summed E-state index contributed by atoms with van der Waals surface area (Å²) < 4.78 is 5.11. The number of rotatable bonds is 6. The Morgan fingerprint density at radius 3 is 2.34 bits per heavy atom. The van der Waals surface area contributed by atoms with E-state index in [1.807, 2.05) is 6.07 Å². The van der Waals surface area contributed by atoms with E-state index in [1.54, 1.807) is 50.8 Å². The molecule has 2 heterocycles. The molecule has 0 saturated carbocycles. The second-order valence-corrected chi connectivity index (χ2v) is 6.48. The average molecular weight is 397 g/mol. The van der Waals surface area contributed by atoms with Crippen LogP contribution in [0.1, 0.15) is 10.4 Å². The largest absolute Gasteiger partial charge is 0.497 e. The van der Waals surface area contributed by atoms with Crippen LogP contribution in [0.25, 0.3) is 0 Å². The molecule has 154 valence electrons. The monoisotopic (exact) mass is 397 g/mol. The van der Waals surface area contributed by atoms with Crippen molar-refractivity contribution in [3.8, 4) is 5.75 Å². The van der Waals surface area contributed by atoms with Crippen LogP contribution in [0.3, 0.4) is 0 Å². The molecule has 1 aliphatic rings. The topological polar surface area (TPSA) is 95.0 Å². The number of amides is 1. The van der Waals surface area contributed by atoms with Crippen molar-refractivity contribution in [2.24, 2.45) is 4.99 Å². The van der Waals surface area contributed by atoms with Crippen molar-refractivity contribution >= 4 is 17.8 Å². The van der Waals surface area contributed by atoms with Crippen LogP contribution in [0.2, 0.25) is 0 Å². The molecule has 1 amide bonds. The number of carbonyl (C=O) groups is 1. The molecule has 9 heteroatoms. The SMILES string of the molecule is CN=C(NCCNC(=O)c1ccc(OC)cc1)N1CCN(c2ncccn2)CC1. The molecule has 2 aromatic rings. The number of hydrogen-bond acceptors (Lipinski definition) is 6. The fraction of sp³-hybridized carbons (Fsp3) is 0.400. The zero-order valence-electron chi connectivity index (χ0n) is 16.8. The zero-order valence-corrected chi connectivity index (χ0v) is 16.8. The lowest BCUT2D eigenvalue weighted by Gasteiger charge is -2.36. The smallest absolute Gasteiger partial charge is 0.251 e. The summed E-state index contributed by atoms with van der Waals surface area (Å²) >= 11 is 0. The molecule has 0 atom stereocenters. The first kappa shape index (κ1) is 20.4. The lowest BCUT2D eigenvalue weighted by atomic mass is 10.2. The zero-order chi connectivity index (χ0) is 20.5. The van der Waals surface area contributed by atoms with Crippen molar-refractivity contribution in [3.05, 3.63) is 48.3 Å². The number of nitrogens with one attached hydrogen (secondary N) is 2. The van der Waals surface area contributed by atoms with Crippen LogP contribution < -0.4 is 20.3 Å². The third-order valence-electron chi connectivity index (χ3n) is 4.67. The standard InChI is InChI=1S/C20H27N7O2/c1-21-19(26-12-14-27(15-13-26)20-23-8-3-9-24-20)25-11-10-22-18(28)16-4-6-17(29-2)7-5-16/h3-9H,10-15H2,1-2H3,(H,21,25)(H,22,28). The van der Waals surface area contributed by atoms with E-state index in [1.165, 1.54) is 0 Å². The first-order valence-electron chi connectivity index (χ1n) is 9.61. The van der Waals surface area contributed by atoms with Gasteiger partial charge in [-0.1, -0.05) is 0 Å². The van der Waals surface area contributed by atoms with Gasteiger partial charge in [-0.25, -0.2) is 9.97 Å². The van der Waals surface area contributed by atoms with Gasteiger partial charge in [0.15, 0.2) is 5.96 Å². The summed E-state index contributed by atoms with van der Waals surface area (Å²) in [5, 5.41) is 6.22. The molecule has 1 aliphatic heterocycles. The molecule has 1 aromatic heterocycles. The summed E-state index contributed by atoms with van der Waals surface area (Å²) in [5.74, 6) is 2.21. The number of aliphatic imine (C=N–C) groups is 1. The van der Waals surface area contributed by atoms with E-state index in [0.717, 1.165) is 43.8 Å². The van der Waals surface area contributed by atoms with E-state index in [-0.39, 0.29) is 5.91 Å². The van der Waals surface area contributed by atoms with Crippen LogP contribution in [0.4, 0.5) is 5.95 Å². The van der Waals surface area contributed by atoms with Crippen LogP contribution in [0.5, 0.6) is 5.75 Å². The van der Waals surface area contributed by atoms with E-state index in [4.69, 9.17) is 4.74 Å². The minimum Gasteiger partial charge on any atom is -0.497 e. The van der Waals surface area contributed by atoms with Gasteiger partial charge in [0.25, 0.3) is 5.91 Å². The summed E-state index contributed by atoms with van der Waals surface area (Å²) in [6.07, 6.45) is 3.52. The van der Waals surface area contributed by atoms with Gasteiger partial charge in [0.2, 0.25) is 5.95 Å². The highest BCUT2D eigenvalue weighted by Crippen LogP contribution is 2.11. The summed E-state index contributed by atoms with van der Waals surface area (Å²) in [6, 6.07) is 8.86. The van der Waals surface area contributed by atoms with Gasteiger partial charge in [-0.05, 0) is 30.3 Å². The molecule has 3 rings (SSSR count). The van der Waals surface area contributed by atoms with Crippen LogP contribution in [-0.4, -0.2) is 80.2 Å². The van der Waals surface area contributed by atoms with Gasteiger partial charge in [0.1, 0.15) is 5.75 Å². The maximum absolute atomic E-state index is 12.2. The third-order valence-corrected chi connectivity index (χ3v) is 4.67. The van der Waals surface area contributed by atoms with Crippen molar-refractivity contribution in [2.45, 2.75) is 0 Å². The Labute approximate surface area is 170 Å². The van der Waals surface area contributed by atoms with Gasteiger partial charge in [0, 0.05) is 64.3 Å². The Bertz CT molecular complexity index is 803. The van der Waals surface area contributed by atoms with Crippen molar-refractivity contribution in [1.82, 2.24) is 25.5 Å². The maximum Gasteiger partial charge on any atom is 0.251 e. The van der Waals surface area contributed by atoms with Gasteiger partial charge >= 0.3 is 0 Å². The maximum atomic E-state index is 12.2. The highest BCUT2D eigenvalue weighted by Gasteiger charge is 2.20. The number of benzene rings is 1. The Balaban J connectivity index is 1.40. The number of piperazine rings is 1. The predicted molar refractivity (Wildman–Crippen MR) is 113 cm³/mol. The summed E-state index contributed by atoms with van der Waals surface area (Å²) in [4.78, 5) is 29.5. The van der Waals surface area contributed by atoms with E-state index in [2.05, 4.69) is 35.4 Å². The molecular formula is C20H27N7O2. The van der Waals surface area contributed by atoms with Crippen molar-refractivity contribution in [1.29, 1.82) is 0 Å². The van der Waals surface area contributed by atoms with Gasteiger partial charge in [-0.15, -0.1) is 0 Å². The highest BCUT2D eigenvalue weighted by atomic mass is 16.5. The molecule has 29 heavy (non-hydrogen) atoms. The van der Waals surface area contributed by atoms with Gasteiger partial charge in [-0.2, -0.15) is 0 Å². The van der Waals surface area contributed by atoms with Crippen LogP contribution >= 0.6 is 0 Å². The molecule has 2 N–H and O–H groups in total. The van der Waals surface area contributed by atoms with Crippen LogP contribution in [-0.2, 0) is 0 Å². The average Bonchev–Trinajstić information content (AvgIpc) is 2.80. The summed E-state index contributed by atoms with van der Waals surface area (Å²) in [5.41, 5.74) is 0.606. The second kappa shape index (κ2) is 10.3. The van der Waals surface area contributed by atoms with E-state index in [0.29, 0.717) is 18.7 Å². The number of hydrogen-bond donors (Lipinski definition) is 2. The summed E-state index contributed by atoms with van der Waals surface area (Å²) in [6.45, 7) is 4.42. The quantitative estimate of drug-likeness (QED) is 0.419. The van der Waals surface area contributed by atoms with Crippen molar-refractivity contribution < 1.29 is 9.53 Å². The van der Waals surface area contributed by atoms with E-state index < -0.39 is 0 Å². The minimum absolute atomic E-state index is 0.110. The normalized spacial score (nSPS) is 14.5. The second-order valence-electron chi connectivity index (χ2n) is 6.48. The lowest BCUT2D eigenvalue weighted by Crippen LogP contribution is -2.53. The molecule has 0 spiro atoms. The fourth-order valence-corrected chi connectivity index (χ4v) is 3.10. The molecule has 0 aliphatic carbocycles. The first-order chi connectivity index (χ1) is 14.2. The van der Waals surface area contributed by atoms with Crippen molar-refractivity contribution in [2.75, 3.05) is 58.3 Å². The van der Waals surface area contributed by atoms with Crippen LogP contribution in [0, 0.1) is 0 Å². The molecule has 1 fully saturated rings. The molecule has 1 aromatic carbocycles. The molecule has 0 bridgehead atoms. The van der Waals surface area contributed by atoms with Crippen molar-refractivity contribution in [3.63, 3.8) is 0 Å². The van der Waals surface area contributed by atoms with E-state index in [9.17, 15) is 4.79 Å². The molecular weight excluding hydrogens is 370 g/mol. The van der Waals surface area contributed by atoms with E-state index >= 15 is 0 Å². The molecule has 1 saturated heterocycles. The first-order valence-corrected chi connectivity index (χ1v) is 9.61. The van der Waals surface area contributed by atoms with Gasteiger partial charge < -0.3 is 25.2 Å². The van der Waals surface area contributed by atoms with Crippen LogP contribution in [0.15, 0.2) is 47.7 Å². The minimum atomic E-state index is -0.110. The number of aromatic nitrogens is 2. The third kappa shape index (κ3) is 5.56. The molecule has 0 unspecified atom stereocenters. The fourth-order valence-electron chi connectivity index (χ4n) is 3.10. The van der Waals surface area contributed by atoms with Gasteiger partial charge in [0.05, 0.1) is 7.11 Å². The predicted octanol–water partition coefficient (Wildman–Crippen LogP) is 0.613. The van der Waals surface area contributed by atoms with Gasteiger partial charge in [-0.3, -0.25) is 9.79 Å². The Morgan fingerprint density at radius 1 is 1.07 bits per heavy atom. The molecule has 0 radical (unpaired) electrons. The Kier molecular flexibility index (Phi) is 7.21. The number of nitrogens with zero attached hydrogens (tertiary/aromatic N) is 5. The highest BCUT2D eigenvalue weighted by molar-refractivity contribution is 5.94. The lowest BCUT2D eigenvalue weighted by molar-refractivity contribution is 0.0954. The Hall–Kier alpha value is -3.36.